The molecule has 0 radical (unpaired) electrons. The zero-order chi connectivity index (χ0) is 59.3. The summed E-state index contributed by atoms with van der Waals surface area (Å²) in [6, 6.07) is 0. The Balaban J connectivity index is -0.000000389. The van der Waals surface area contributed by atoms with Crippen LogP contribution < -0.4 is 32.1 Å². The lowest BCUT2D eigenvalue weighted by Gasteiger charge is -2.28. The summed E-state index contributed by atoms with van der Waals surface area (Å²) in [6.45, 7) is 74.6. The molecule has 1 heterocycles. The molecule has 0 aliphatic rings. The van der Waals surface area contributed by atoms with E-state index in [-0.39, 0.29) is 72.7 Å². The highest BCUT2D eigenvalue weighted by Crippen LogP contribution is 2.32. The van der Waals surface area contributed by atoms with Gasteiger partial charge in [0.1, 0.15) is 11.4 Å². The van der Waals surface area contributed by atoms with E-state index in [0.29, 0.717) is 22.2 Å². The Hall–Kier alpha value is -3.28. The molecule has 1 aromatic heterocycles. The first kappa shape index (κ1) is 75.2. The molecule has 0 saturated heterocycles. The number of aromatic nitrogens is 3. The van der Waals surface area contributed by atoms with Crippen LogP contribution in [-0.4, -0.2) is 60.2 Å². The molecule has 5 N–H and O–H groups in total. The van der Waals surface area contributed by atoms with Gasteiger partial charge in [0.2, 0.25) is 11.8 Å². The number of hydrogen-bond acceptors (Lipinski definition) is 9. The fraction of sp³-hybridized carbons (Fsp3) is 0.867. The molecular formula is C60H121N7O5. The quantitative estimate of drug-likeness (QED) is 0.187. The van der Waals surface area contributed by atoms with Gasteiger partial charge in [-0.15, -0.1) is 5.10 Å². The predicted octanol–water partition coefficient (Wildman–Crippen LogP) is 14.6. The van der Waals surface area contributed by atoms with Crippen molar-refractivity contribution in [2.75, 3.05) is 10.6 Å². The largest absolute Gasteiger partial charge is 0.393 e. The SMILES string of the molecule is CC(C)(C)CC(C)(C)C.CC(C)(C)CC(O)CC(C)(C)C.CC(C)(C)NC(=O)C(C)(C)C.CC(C)(C)NC(=O)C(C)(C)C.CC(C)(C)Nc1c(NC(C)(C)C)c(=O)c1=O.CC(C)(C)c1cn(C(C)(C)C)nn1. The van der Waals surface area contributed by atoms with Crippen molar-refractivity contribution in [3.8, 4) is 0 Å². The molecule has 0 bridgehead atoms. The summed E-state index contributed by atoms with van der Waals surface area (Å²) in [4.78, 5) is 45.6. The van der Waals surface area contributed by atoms with E-state index in [1.54, 1.807) is 0 Å². The summed E-state index contributed by atoms with van der Waals surface area (Å²) < 4.78 is 1.91. The fourth-order valence-corrected chi connectivity index (χ4v) is 6.45. The van der Waals surface area contributed by atoms with Crippen molar-refractivity contribution in [2.24, 2.45) is 32.5 Å². The van der Waals surface area contributed by atoms with E-state index in [2.05, 4.69) is 156 Å². The maximum Gasteiger partial charge on any atom is 0.253 e. The minimum absolute atomic E-state index is 0.0243. The van der Waals surface area contributed by atoms with Crippen LogP contribution in [0.3, 0.4) is 0 Å². The van der Waals surface area contributed by atoms with Gasteiger partial charge in [-0.3, -0.25) is 19.2 Å². The minimum Gasteiger partial charge on any atom is -0.393 e. The first-order chi connectivity index (χ1) is 30.8. The third-order valence-corrected chi connectivity index (χ3v) is 8.96. The van der Waals surface area contributed by atoms with Gasteiger partial charge in [-0.25, -0.2) is 4.68 Å². The molecule has 12 nitrogen and oxygen atoms in total. The molecule has 426 valence electrons. The first-order valence-electron chi connectivity index (χ1n) is 26.4. The molecule has 12 heteroatoms. The second kappa shape index (κ2) is 27.0. The molecule has 2 aromatic rings. The smallest absolute Gasteiger partial charge is 0.253 e. The third-order valence-electron chi connectivity index (χ3n) is 8.96. The molecule has 0 unspecified atom stereocenters. The number of aliphatic hydroxyl groups excluding tert-OH is 1. The maximum absolute atomic E-state index is 11.4. The van der Waals surface area contributed by atoms with Crippen LogP contribution in [0.25, 0.3) is 0 Å². The molecule has 1 aromatic carbocycles. The topological polar surface area (TPSA) is 167 Å². The third kappa shape index (κ3) is 43.2. The highest BCUT2D eigenvalue weighted by Gasteiger charge is 2.29. The minimum atomic E-state index is -0.429. The molecule has 72 heavy (non-hydrogen) atoms. The van der Waals surface area contributed by atoms with Crippen LogP contribution in [0.1, 0.15) is 274 Å². The monoisotopic (exact) mass is 1020 g/mol. The summed E-state index contributed by atoms with van der Waals surface area (Å²) in [5.41, 5.74) is 1.30. The Morgan fingerprint density at radius 1 is 0.472 bits per heavy atom. The Kier molecular flexibility index (Phi) is 28.2. The van der Waals surface area contributed by atoms with Crippen molar-refractivity contribution in [2.45, 2.75) is 308 Å². The van der Waals surface area contributed by atoms with Crippen LogP contribution in [0.2, 0.25) is 0 Å². The maximum atomic E-state index is 11.4. The van der Waals surface area contributed by atoms with Gasteiger partial charge in [0.05, 0.1) is 17.3 Å². The number of hydrogen-bond donors (Lipinski definition) is 5. The molecule has 2 amide bonds. The first-order valence-corrected chi connectivity index (χ1v) is 26.4. The summed E-state index contributed by atoms with van der Waals surface area (Å²) in [6.07, 6.45) is 4.96. The predicted molar refractivity (Wildman–Crippen MR) is 314 cm³/mol. The van der Waals surface area contributed by atoms with E-state index in [4.69, 9.17) is 0 Å². The zero-order valence-corrected chi connectivity index (χ0v) is 54.2. The lowest BCUT2D eigenvalue weighted by atomic mass is 9.78. The summed E-state index contributed by atoms with van der Waals surface area (Å²) in [7, 11) is 0. The molecule has 2 rings (SSSR count). The van der Waals surface area contributed by atoms with Gasteiger partial charge in [0, 0.05) is 44.6 Å². The highest BCUT2D eigenvalue weighted by atomic mass is 16.3. The molecule has 0 saturated carbocycles. The molecule has 0 spiro atoms. The fourth-order valence-electron chi connectivity index (χ4n) is 6.45. The van der Waals surface area contributed by atoms with Crippen LogP contribution in [0.4, 0.5) is 11.4 Å². The van der Waals surface area contributed by atoms with E-state index >= 15 is 0 Å². The van der Waals surface area contributed by atoms with E-state index in [1.165, 1.54) is 6.42 Å². The second-order valence-corrected chi connectivity index (χ2v) is 33.0. The van der Waals surface area contributed by atoms with Gasteiger partial charge in [0.25, 0.3) is 10.9 Å². The lowest BCUT2D eigenvalue weighted by molar-refractivity contribution is -0.130. The number of rotatable bonds is 4. The average Bonchev–Trinajstić information content (AvgIpc) is 3.54. The van der Waals surface area contributed by atoms with Gasteiger partial charge in [-0.1, -0.05) is 151 Å². The van der Waals surface area contributed by atoms with Crippen molar-refractivity contribution in [3.63, 3.8) is 0 Å². The normalized spacial score (nSPS) is 13.3. The van der Waals surface area contributed by atoms with Crippen LogP contribution >= 0.6 is 0 Å². The number of anilines is 2. The van der Waals surface area contributed by atoms with Crippen molar-refractivity contribution in [1.82, 2.24) is 25.6 Å². The van der Waals surface area contributed by atoms with Gasteiger partial charge in [0.15, 0.2) is 0 Å². The number of carbonyl (C=O) groups excluding carboxylic acids is 2. The standard InChI is InChI=1S/C12H20N2O2.C11H24O.C10H19N3.2C9H19NO.C9H20/c1-11(2,3)13-7-8(10(16)9(7)15)14-12(4,5)6;1-10(2,3)7-9(12)8-11(4,5)6;1-9(2,3)8-7-13(12-11-8)10(4,5)6;2*1-8(2,3)7(11)10-9(4,5)6;1-8(2,3)7-9(4,5)6/h13-14H,1-6H3;9,12H,7-8H2,1-6H3;7H,1-6H3;2*1-6H3,(H,10,11);7H2,1-6H3. The van der Waals surface area contributed by atoms with E-state index in [0.717, 1.165) is 18.5 Å². The number of carbonyl (C=O) groups is 2. The molecular weight excluding hydrogens is 899 g/mol. The van der Waals surface area contributed by atoms with E-state index in [1.807, 2.05) is 136 Å². The molecule has 0 fully saturated rings. The Morgan fingerprint density at radius 3 is 0.875 bits per heavy atom. The molecule has 0 atom stereocenters. The number of amides is 2. The highest BCUT2D eigenvalue weighted by molar-refractivity contribution is 5.82. The van der Waals surface area contributed by atoms with E-state index in [9.17, 15) is 24.3 Å². The van der Waals surface area contributed by atoms with Crippen LogP contribution in [-0.2, 0) is 20.5 Å². The number of nitrogens with one attached hydrogen (secondary N) is 4. The lowest BCUT2D eigenvalue weighted by Crippen LogP contribution is -2.46. The summed E-state index contributed by atoms with van der Waals surface area (Å²) >= 11 is 0. The van der Waals surface area contributed by atoms with E-state index < -0.39 is 10.9 Å². The van der Waals surface area contributed by atoms with Crippen molar-refractivity contribution < 1.29 is 14.7 Å². The average molecular weight is 1020 g/mol. The van der Waals surface area contributed by atoms with Gasteiger partial charge < -0.3 is 26.4 Å². The Bertz CT molecular complexity index is 1810. The summed E-state index contributed by atoms with van der Waals surface area (Å²) in [5.74, 6) is 0.204. The second-order valence-electron chi connectivity index (χ2n) is 33.0. The van der Waals surface area contributed by atoms with Gasteiger partial charge in [-0.2, -0.15) is 0 Å². The number of aliphatic hydroxyl groups is 1. The van der Waals surface area contributed by atoms with Gasteiger partial charge in [-0.05, 0) is 145 Å². The Labute approximate surface area is 445 Å². The van der Waals surface area contributed by atoms with Gasteiger partial charge >= 0.3 is 0 Å². The van der Waals surface area contributed by atoms with Crippen molar-refractivity contribution in [1.29, 1.82) is 0 Å². The van der Waals surface area contributed by atoms with Crippen LogP contribution in [0.15, 0.2) is 15.8 Å². The molecule has 0 aliphatic carbocycles. The summed E-state index contributed by atoms with van der Waals surface area (Å²) in [5, 5.41) is 30.0. The molecule has 0 aliphatic heterocycles. The van der Waals surface area contributed by atoms with Crippen LogP contribution in [0.5, 0.6) is 0 Å². The zero-order valence-electron chi connectivity index (χ0n) is 54.2. The number of nitrogens with zero attached hydrogens (tertiary/aromatic N) is 3. The van der Waals surface area contributed by atoms with Crippen molar-refractivity contribution in [3.05, 3.63) is 32.3 Å². The van der Waals surface area contributed by atoms with Crippen molar-refractivity contribution >= 4 is 23.2 Å². The van der Waals surface area contributed by atoms with Crippen LogP contribution in [0, 0.1) is 32.5 Å². The Morgan fingerprint density at radius 2 is 0.750 bits per heavy atom.